The normalized spacial score (nSPS) is 17.1. The van der Waals surface area contributed by atoms with Crippen LogP contribution in [-0.2, 0) is 9.36 Å². The monoisotopic (exact) mass is 196 g/mol. The summed E-state index contributed by atoms with van der Waals surface area (Å²) in [5, 5.41) is 0. The summed E-state index contributed by atoms with van der Waals surface area (Å²) >= 11 is 0. The molecule has 0 saturated carbocycles. The first-order chi connectivity index (χ1) is 5.25. The summed E-state index contributed by atoms with van der Waals surface area (Å²) in [6.45, 7) is 1.44. The zero-order chi connectivity index (χ0) is 9.94. The molecular weight excluding hydrogens is 183 g/mol. The summed E-state index contributed by atoms with van der Waals surface area (Å²) in [6, 6.07) is -0.734. The van der Waals surface area contributed by atoms with Crippen molar-refractivity contribution in [2.75, 3.05) is 0 Å². The fourth-order valence-corrected chi connectivity index (χ4v) is 0.929. The Hall–Kier alpha value is -0.260. The van der Waals surface area contributed by atoms with Gasteiger partial charge in [-0.25, -0.2) is 0 Å². The lowest BCUT2D eigenvalue weighted by Crippen LogP contribution is -2.33. The summed E-state index contributed by atoms with van der Waals surface area (Å²) in [7, 11) is -4.35. The fourth-order valence-electron chi connectivity index (χ4n) is 0.511. The van der Waals surface area contributed by atoms with E-state index in [-0.39, 0.29) is 6.42 Å². The molecule has 0 aromatic heterocycles. The van der Waals surface area contributed by atoms with Crippen LogP contribution in [0.1, 0.15) is 13.3 Å². The molecule has 0 radical (unpaired) electrons. The lowest BCUT2D eigenvalue weighted by atomic mass is 10.2. The summed E-state index contributed by atoms with van der Waals surface area (Å²) in [5.41, 5.74) is 10.2. The van der Waals surface area contributed by atoms with E-state index in [2.05, 4.69) is 0 Å². The van der Waals surface area contributed by atoms with E-state index in [1.54, 1.807) is 0 Å². The first-order valence-corrected chi connectivity index (χ1v) is 5.02. The quantitative estimate of drug-likeness (QED) is 0.416. The molecule has 0 aliphatic heterocycles. The van der Waals surface area contributed by atoms with Gasteiger partial charge >= 0.3 is 7.60 Å². The molecule has 6 N–H and O–H groups in total. The van der Waals surface area contributed by atoms with Crippen LogP contribution in [0.25, 0.3) is 0 Å². The number of hydrogen-bond acceptors (Lipinski definition) is 4. The molecule has 0 amide bonds. The van der Waals surface area contributed by atoms with Gasteiger partial charge in [-0.2, -0.15) is 0 Å². The molecule has 0 spiro atoms. The zero-order valence-corrected chi connectivity index (χ0v) is 7.57. The van der Waals surface area contributed by atoms with E-state index in [9.17, 15) is 9.36 Å². The van der Waals surface area contributed by atoms with Crippen molar-refractivity contribution in [1.29, 1.82) is 0 Å². The van der Waals surface area contributed by atoms with E-state index in [1.165, 1.54) is 6.92 Å². The smallest absolute Gasteiger partial charge is 0.323 e. The van der Waals surface area contributed by atoms with Crippen LogP contribution in [0.5, 0.6) is 0 Å². The zero-order valence-electron chi connectivity index (χ0n) is 6.67. The summed E-state index contributed by atoms with van der Waals surface area (Å²) in [6.07, 6.45) is -0.387. The Morgan fingerprint density at radius 2 is 1.92 bits per heavy atom. The molecule has 0 aliphatic rings. The minimum Gasteiger partial charge on any atom is -0.323 e. The van der Waals surface area contributed by atoms with Gasteiger partial charge in [-0.05, 0) is 6.92 Å². The molecule has 0 unspecified atom stereocenters. The van der Waals surface area contributed by atoms with Crippen molar-refractivity contribution in [3.8, 4) is 0 Å². The molecule has 2 atom stereocenters. The van der Waals surface area contributed by atoms with Gasteiger partial charge in [0.2, 0.25) is 0 Å². The van der Waals surface area contributed by atoms with Crippen molar-refractivity contribution in [2.24, 2.45) is 11.5 Å². The molecular formula is C5H13N2O4P. The van der Waals surface area contributed by atoms with Crippen LogP contribution in [0.2, 0.25) is 0 Å². The third-order valence-electron chi connectivity index (χ3n) is 1.35. The highest BCUT2D eigenvalue weighted by Gasteiger charge is 2.27. The van der Waals surface area contributed by atoms with Crippen LogP contribution in [0, 0.1) is 0 Å². The van der Waals surface area contributed by atoms with Gasteiger partial charge in [0.1, 0.15) is 5.78 Å². The predicted octanol–water partition coefficient (Wildman–Crippen LogP) is -1.24. The van der Waals surface area contributed by atoms with Gasteiger partial charge in [0.25, 0.3) is 0 Å². The second-order valence-electron chi connectivity index (χ2n) is 2.62. The Morgan fingerprint density at radius 3 is 2.17 bits per heavy atom. The fraction of sp³-hybridized carbons (Fsp3) is 0.800. The van der Waals surface area contributed by atoms with Gasteiger partial charge in [-0.15, -0.1) is 0 Å². The maximum Gasteiger partial charge on any atom is 0.342 e. The van der Waals surface area contributed by atoms with Crippen LogP contribution in [0.3, 0.4) is 0 Å². The maximum atomic E-state index is 10.9. The van der Waals surface area contributed by atoms with E-state index in [4.69, 9.17) is 21.3 Å². The number of ketones is 1. The highest BCUT2D eigenvalue weighted by molar-refractivity contribution is 7.52. The second kappa shape index (κ2) is 4.11. The molecule has 0 saturated heterocycles. The predicted molar refractivity (Wildman–Crippen MR) is 43.3 cm³/mol. The molecule has 0 aliphatic carbocycles. The third-order valence-corrected chi connectivity index (χ3v) is 2.40. The lowest BCUT2D eigenvalue weighted by molar-refractivity contribution is -0.120. The average molecular weight is 196 g/mol. The van der Waals surface area contributed by atoms with Gasteiger partial charge in [0.05, 0.1) is 6.04 Å². The van der Waals surface area contributed by atoms with Gasteiger partial charge < -0.3 is 21.3 Å². The van der Waals surface area contributed by atoms with Crippen molar-refractivity contribution in [3.05, 3.63) is 0 Å². The van der Waals surface area contributed by atoms with Crippen molar-refractivity contribution in [3.63, 3.8) is 0 Å². The summed E-state index contributed by atoms with van der Waals surface area (Å²) in [4.78, 5) is 27.9. The molecule has 7 heteroatoms. The standard InChI is InChI=1S/C5H13N2O4P/c1-3(6)4(8)2-5(7)12(9,10)11/h3,5H,2,6-7H2,1H3,(H2,9,10,11)/t3-,5-/m0/s1. The van der Waals surface area contributed by atoms with E-state index in [1.807, 2.05) is 0 Å². The van der Waals surface area contributed by atoms with Crippen molar-refractivity contribution >= 4 is 13.4 Å². The van der Waals surface area contributed by atoms with Gasteiger partial charge in [0, 0.05) is 6.42 Å². The lowest BCUT2D eigenvalue weighted by Gasteiger charge is -2.13. The topological polar surface area (TPSA) is 127 Å². The van der Waals surface area contributed by atoms with E-state index >= 15 is 0 Å². The molecule has 0 heterocycles. The number of nitrogens with two attached hydrogens (primary N) is 2. The van der Waals surface area contributed by atoms with Crippen molar-refractivity contribution in [1.82, 2.24) is 0 Å². The number of hydrogen-bond donors (Lipinski definition) is 4. The van der Waals surface area contributed by atoms with Crippen LogP contribution >= 0.6 is 7.60 Å². The molecule has 0 bridgehead atoms. The third kappa shape index (κ3) is 3.94. The Bertz CT molecular complexity index is 211. The Kier molecular flexibility index (Phi) is 4.02. The summed E-state index contributed by atoms with van der Waals surface area (Å²) in [5.74, 6) is -1.89. The number of carbonyl (C=O) groups excluding carboxylic acids is 1. The van der Waals surface area contributed by atoms with Crippen LogP contribution < -0.4 is 11.5 Å². The van der Waals surface area contributed by atoms with Crippen LogP contribution in [-0.4, -0.2) is 27.4 Å². The minimum atomic E-state index is -4.35. The SMILES string of the molecule is C[C@H](N)C(=O)C[C@@H](N)P(=O)(O)O. The molecule has 0 rings (SSSR count). The molecule has 72 valence electrons. The first-order valence-electron chi connectivity index (χ1n) is 3.34. The highest BCUT2D eigenvalue weighted by atomic mass is 31.2. The van der Waals surface area contributed by atoms with Gasteiger partial charge in [-0.3, -0.25) is 9.36 Å². The number of rotatable bonds is 4. The van der Waals surface area contributed by atoms with Gasteiger partial charge in [0.15, 0.2) is 5.78 Å². The Morgan fingerprint density at radius 1 is 1.50 bits per heavy atom. The summed E-state index contributed by atoms with van der Waals surface area (Å²) < 4.78 is 10.5. The molecule has 0 fully saturated rings. The Labute approximate surface area is 70.1 Å². The maximum absolute atomic E-state index is 10.9. The van der Waals surface area contributed by atoms with E-state index < -0.39 is 25.2 Å². The van der Waals surface area contributed by atoms with Crippen LogP contribution in [0.15, 0.2) is 0 Å². The van der Waals surface area contributed by atoms with Crippen molar-refractivity contribution in [2.45, 2.75) is 25.2 Å². The van der Waals surface area contributed by atoms with Crippen LogP contribution in [0.4, 0.5) is 0 Å². The van der Waals surface area contributed by atoms with Crippen molar-refractivity contribution < 1.29 is 19.1 Å². The largest absolute Gasteiger partial charge is 0.342 e. The molecule has 12 heavy (non-hydrogen) atoms. The Balaban J connectivity index is 4.11. The van der Waals surface area contributed by atoms with Gasteiger partial charge in [-0.1, -0.05) is 0 Å². The molecule has 6 nitrogen and oxygen atoms in total. The van der Waals surface area contributed by atoms with E-state index in [0.717, 1.165) is 0 Å². The minimum absolute atomic E-state index is 0.387. The molecule has 0 aromatic rings. The molecule has 0 aromatic carbocycles. The highest BCUT2D eigenvalue weighted by Crippen LogP contribution is 2.39. The average Bonchev–Trinajstić information content (AvgIpc) is 1.85. The van der Waals surface area contributed by atoms with E-state index in [0.29, 0.717) is 0 Å². The second-order valence-corrected chi connectivity index (χ2v) is 4.46. The number of Topliss-reactive ketones (excluding diaryl/α,β-unsaturated/α-hetero) is 1. The number of carbonyl (C=O) groups is 1. The first kappa shape index (κ1) is 11.7.